The van der Waals surface area contributed by atoms with Gasteiger partial charge in [-0.25, -0.2) is 0 Å². The zero-order valence-electron chi connectivity index (χ0n) is 7.07. The summed E-state index contributed by atoms with van der Waals surface area (Å²) in [5, 5.41) is 9.49. The summed E-state index contributed by atoms with van der Waals surface area (Å²) < 4.78 is 0. The SMILES string of the molecule is O=C(Cl)c1cnc2ccccc2c1O. The summed E-state index contributed by atoms with van der Waals surface area (Å²) in [7, 11) is 0. The highest BCUT2D eigenvalue weighted by molar-refractivity contribution is 6.68. The van der Waals surface area contributed by atoms with Crippen LogP contribution in [-0.2, 0) is 0 Å². The van der Waals surface area contributed by atoms with Crippen molar-refractivity contribution >= 4 is 27.7 Å². The number of pyridine rings is 1. The average molecular weight is 208 g/mol. The van der Waals surface area contributed by atoms with Gasteiger partial charge < -0.3 is 5.11 Å². The highest BCUT2D eigenvalue weighted by Gasteiger charge is 2.11. The number of hydrogen-bond acceptors (Lipinski definition) is 3. The van der Waals surface area contributed by atoms with Gasteiger partial charge in [0.25, 0.3) is 5.24 Å². The van der Waals surface area contributed by atoms with Crippen molar-refractivity contribution in [3.05, 3.63) is 36.0 Å². The molecule has 1 N–H and O–H groups in total. The number of para-hydroxylation sites is 1. The molecule has 0 atom stereocenters. The molecular weight excluding hydrogens is 202 g/mol. The van der Waals surface area contributed by atoms with Crippen LogP contribution in [0.1, 0.15) is 10.4 Å². The van der Waals surface area contributed by atoms with Crippen molar-refractivity contribution in [2.24, 2.45) is 0 Å². The van der Waals surface area contributed by atoms with Gasteiger partial charge in [0.1, 0.15) is 5.75 Å². The van der Waals surface area contributed by atoms with Crippen LogP contribution in [0.15, 0.2) is 30.5 Å². The molecule has 14 heavy (non-hydrogen) atoms. The highest BCUT2D eigenvalue weighted by Crippen LogP contribution is 2.27. The monoisotopic (exact) mass is 207 g/mol. The molecule has 0 aliphatic carbocycles. The number of carbonyl (C=O) groups is 1. The maximum absolute atomic E-state index is 10.9. The second kappa shape index (κ2) is 3.27. The number of nitrogens with zero attached hydrogens (tertiary/aromatic N) is 1. The molecule has 1 aromatic heterocycles. The van der Waals surface area contributed by atoms with Crippen LogP contribution in [0.4, 0.5) is 0 Å². The number of hydrogen-bond donors (Lipinski definition) is 1. The molecule has 0 saturated carbocycles. The molecule has 0 fully saturated rings. The van der Waals surface area contributed by atoms with Gasteiger partial charge in [0.15, 0.2) is 0 Å². The first-order chi connectivity index (χ1) is 6.70. The topological polar surface area (TPSA) is 50.2 Å². The predicted octanol–water partition coefficient (Wildman–Crippen LogP) is 2.32. The summed E-state index contributed by atoms with van der Waals surface area (Å²) in [6.07, 6.45) is 1.27. The Bertz CT molecular complexity index is 510. The summed E-state index contributed by atoms with van der Waals surface area (Å²) in [4.78, 5) is 14.9. The van der Waals surface area contributed by atoms with E-state index in [0.717, 1.165) is 0 Å². The fourth-order valence-electron chi connectivity index (χ4n) is 1.27. The molecule has 0 aliphatic rings. The Morgan fingerprint density at radius 2 is 2.07 bits per heavy atom. The number of aromatic nitrogens is 1. The van der Waals surface area contributed by atoms with Crippen molar-refractivity contribution in [2.75, 3.05) is 0 Å². The lowest BCUT2D eigenvalue weighted by Gasteiger charge is -2.02. The minimum absolute atomic E-state index is 0.0327. The third-order valence-corrected chi connectivity index (χ3v) is 2.16. The quantitative estimate of drug-likeness (QED) is 0.731. The smallest absolute Gasteiger partial charge is 0.257 e. The van der Waals surface area contributed by atoms with Gasteiger partial charge in [-0.15, -0.1) is 0 Å². The first kappa shape index (κ1) is 8.97. The van der Waals surface area contributed by atoms with Gasteiger partial charge in [0, 0.05) is 11.6 Å². The van der Waals surface area contributed by atoms with Crippen LogP contribution in [-0.4, -0.2) is 15.3 Å². The van der Waals surface area contributed by atoms with E-state index in [2.05, 4.69) is 4.98 Å². The standard InChI is InChI=1S/C10H6ClNO2/c11-10(14)7-5-12-8-4-2-1-3-6(8)9(7)13/h1-5H,(H,12,13). The van der Waals surface area contributed by atoms with E-state index in [1.165, 1.54) is 6.20 Å². The van der Waals surface area contributed by atoms with E-state index < -0.39 is 5.24 Å². The third-order valence-electron chi connectivity index (χ3n) is 1.96. The molecule has 0 bridgehead atoms. The minimum Gasteiger partial charge on any atom is -0.506 e. The van der Waals surface area contributed by atoms with Crippen LogP contribution in [0.3, 0.4) is 0 Å². The van der Waals surface area contributed by atoms with E-state index in [1.807, 2.05) is 0 Å². The maximum Gasteiger partial charge on any atom is 0.257 e. The molecule has 4 heteroatoms. The lowest BCUT2D eigenvalue weighted by Crippen LogP contribution is -1.92. The minimum atomic E-state index is -0.708. The zero-order chi connectivity index (χ0) is 10.1. The summed E-state index contributed by atoms with van der Waals surface area (Å²) in [6, 6.07) is 6.99. The molecule has 0 amide bonds. The van der Waals surface area contributed by atoms with E-state index in [-0.39, 0.29) is 11.3 Å². The van der Waals surface area contributed by atoms with Crippen molar-refractivity contribution in [3.8, 4) is 5.75 Å². The van der Waals surface area contributed by atoms with Crippen LogP contribution >= 0.6 is 11.6 Å². The van der Waals surface area contributed by atoms with E-state index in [4.69, 9.17) is 11.6 Å². The van der Waals surface area contributed by atoms with Gasteiger partial charge in [-0.2, -0.15) is 0 Å². The van der Waals surface area contributed by atoms with E-state index >= 15 is 0 Å². The van der Waals surface area contributed by atoms with Gasteiger partial charge in [-0.1, -0.05) is 12.1 Å². The molecule has 2 aromatic rings. The number of aromatic hydroxyl groups is 1. The maximum atomic E-state index is 10.9. The zero-order valence-corrected chi connectivity index (χ0v) is 7.82. The van der Waals surface area contributed by atoms with Gasteiger partial charge in [-0.3, -0.25) is 9.78 Å². The Balaban J connectivity index is 2.81. The predicted molar refractivity (Wildman–Crippen MR) is 53.6 cm³/mol. The second-order valence-corrected chi connectivity index (χ2v) is 3.15. The molecule has 0 saturated heterocycles. The normalized spacial score (nSPS) is 10.4. The Hall–Kier alpha value is -1.61. The second-order valence-electron chi connectivity index (χ2n) is 2.81. The largest absolute Gasteiger partial charge is 0.506 e. The van der Waals surface area contributed by atoms with Crippen LogP contribution < -0.4 is 0 Å². The van der Waals surface area contributed by atoms with Crippen molar-refractivity contribution < 1.29 is 9.90 Å². The molecular formula is C10H6ClNO2. The van der Waals surface area contributed by atoms with Gasteiger partial charge >= 0.3 is 0 Å². The molecule has 1 aromatic carbocycles. The molecule has 0 radical (unpaired) electrons. The summed E-state index contributed by atoms with van der Waals surface area (Å²) in [6.45, 7) is 0. The van der Waals surface area contributed by atoms with E-state index in [1.54, 1.807) is 24.3 Å². The first-order valence-electron chi connectivity index (χ1n) is 3.96. The lowest BCUT2D eigenvalue weighted by molar-refractivity contribution is 0.107. The van der Waals surface area contributed by atoms with Crippen molar-refractivity contribution in [1.82, 2.24) is 4.98 Å². The van der Waals surface area contributed by atoms with E-state index in [9.17, 15) is 9.90 Å². The van der Waals surface area contributed by atoms with Gasteiger partial charge in [-0.05, 0) is 23.7 Å². The Morgan fingerprint density at radius 3 is 2.79 bits per heavy atom. The van der Waals surface area contributed by atoms with Gasteiger partial charge in [0.05, 0.1) is 11.1 Å². The summed E-state index contributed by atoms with van der Waals surface area (Å²) >= 11 is 5.27. The third kappa shape index (κ3) is 1.32. The molecule has 1 heterocycles. The van der Waals surface area contributed by atoms with Crippen LogP contribution in [0, 0.1) is 0 Å². The fraction of sp³-hybridized carbons (Fsp3) is 0. The van der Waals surface area contributed by atoms with E-state index in [0.29, 0.717) is 10.9 Å². The van der Waals surface area contributed by atoms with Crippen molar-refractivity contribution in [2.45, 2.75) is 0 Å². The van der Waals surface area contributed by atoms with Gasteiger partial charge in [0.2, 0.25) is 0 Å². The summed E-state index contributed by atoms with van der Waals surface area (Å²) in [5.74, 6) is -0.115. The Morgan fingerprint density at radius 1 is 1.36 bits per heavy atom. The highest BCUT2D eigenvalue weighted by atomic mass is 35.5. The van der Waals surface area contributed by atoms with Crippen molar-refractivity contribution in [1.29, 1.82) is 0 Å². The molecule has 3 nitrogen and oxygen atoms in total. The first-order valence-corrected chi connectivity index (χ1v) is 4.34. The van der Waals surface area contributed by atoms with Crippen LogP contribution in [0.2, 0.25) is 0 Å². The Kier molecular flexibility index (Phi) is 2.09. The average Bonchev–Trinajstić information content (AvgIpc) is 2.18. The lowest BCUT2D eigenvalue weighted by atomic mass is 10.1. The number of benzene rings is 1. The van der Waals surface area contributed by atoms with Crippen molar-refractivity contribution in [3.63, 3.8) is 0 Å². The van der Waals surface area contributed by atoms with Crippen LogP contribution in [0.25, 0.3) is 10.9 Å². The van der Waals surface area contributed by atoms with Crippen LogP contribution in [0.5, 0.6) is 5.75 Å². The molecule has 70 valence electrons. The Labute approximate surface area is 85.0 Å². The number of fused-ring (bicyclic) bond motifs is 1. The summed E-state index contributed by atoms with van der Waals surface area (Å²) in [5.41, 5.74) is 0.664. The molecule has 2 rings (SSSR count). The molecule has 0 unspecified atom stereocenters. The molecule has 0 spiro atoms. The molecule has 0 aliphatic heterocycles. The number of halogens is 1. The number of rotatable bonds is 1. The number of carbonyl (C=O) groups excluding carboxylic acids is 1. The fourth-order valence-corrected chi connectivity index (χ4v) is 1.41.